The van der Waals surface area contributed by atoms with E-state index in [0.717, 1.165) is 0 Å². The summed E-state index contributed by atoms with van der Waals surface area (Å²) < 4.78 is 6.03. The first-order chi connectivity index (χ1) is 6.63. The molecule has 1 heterocycles. The van der Waals surface area contributed by atoms with Crippen LogP contribution in [0.1, 0.15) is 6.92 Å². The third-order valence-corrected chi connectivity index (χ3v) is 1.69. The molecule has 0 spiro atoms. The maximum absolute atomic E-state index is 11.1. The van der Waals surface area contributed by atoms with Gasteiger partial charge in [0, 0.05) is 6.07 Å². The summed E-state index contributed by atoms with van der Waals surface area (Å²) in [5, 5.41) is 4.13. The van der Waals surface area contributed by atoms with Crippen molar-refractivity contribution in [3.05, 3.63) is 17.3 Å². The highest BCUT2D eigenvalue weighted by molar-refractivity contribution is 6.29. The summed E-state index contributed by atoms with van der Waals surface area (Å²) in [6.07, 6.45) is 0. The monoisotopic (exact) mass is 295 g/mol. The summed E-state index contributed by atoms with van der Waals surface area (Å²) >= 11 is 5.64. The van der Waals surface area contributed by atoms with Gasteiger partial charge in [0.1, 0.15) is 0 Å². The van der Waals surface area contributed by atoms with Gasteiger partial charge in [-0.1, -0.05) is 16.7 Å². The van der Waals surface area contributed by atoms with Crippen LogP contribution in [0.25, 0.3) is 0 Å². The SMILES string of the molecule is CCOC(=O)C[n+]1nc(Cl)ccc1N.[Br-]. The zero-order chi connectivity index (χ0) is 10.6. The molecule has 0 aliphatic rings. The Morgan fingerprint density at radius 3 is 2.93 bits per heavy atom. The lowest BCUT2D eigenvalue weighted by molar-refractivity contribution is -0.729. The first kappa shape index (κ1) is 14.1. The Balaban J connectivity index is 0.00000196. The number of nitrogens with two attached hydrogens (primary N) is 1. The first-order valence-electron chi connectivity index (χ1n) is 4.11. The number of esters is 1. The summed E-state index contributed by atoms with van der Waals surface area (Å²) in [5.74, 6) is -0.0265. The van der Waals surface area contributed by atoms with Gasteiger partial charge in [-0.2, -0.15) is 0 Å². The number of hydrogen-bond acceptors (Lipinski definition) is 4. The minimum absolute atomic E-state index is 0. The van der Waals surface area contributed by atoms with Crippen LogP contribution in [0.2, 0.25) is 5.15 Å². The minimum Gasteiger partial charge on any atom is -1.00 e. The van der Waals surface area contributed by atoms with Crippen molar-refractivity contribution in [2.45, 2.75) is 13.5 Å². The molecule has 0 aliphatic carbocycles. The van der Waals surface area contributed by atoms with E-state index >= 15 is 0 Å². The van der Waals surface area contributed by atoms with E-state index in [4.69, 9.17) is 22.1 Å². The summed E-state index contributed by atoms with van der Waals surface area (Å²) in [5.41, 5.74) is 5.57. The van der Waals surface area contributed by atoms with Crippen LogP contribution < -0.4 is 27.4 Å². The van der Waals surface area contributed by atoms with Gasteiger partial charge in [0.05, 0.1) is 6.61 Å². The van der Waals surface area contributed by atoms with Crippen molar-refractivity contribution >= 4 is 23.4 Å². The quantitative estimate of drug-likeness (QED) is 0.482. The number of ether oxygens (including phenoxy) is 1. The van der Waals surface area contributed by atoms with Crippen molar-refractivity contribution in [3.8, 4) is 0 Å². The lowest BCUT2D eigenvalue weighted by atomic mass is 10.5. The van der Waals surface area contributed by atoms with Crippen LogP contribution in [0.15, 0.2) is 12.1 Å². The number of carbonyl (C=O) groups is 1. The second kappa shape index (κ2) is 6.58. The standard InChI is InChI=1S/C8H10ClN3O2.BrH/c1-2-14-8(13)5-12-7(10)4-3-6(9)11-12;/h3-4,10H,2,5H2,1H3;1H. The Kier molecular flexibility index (Phi) is 6.19. The Morgan fingerprint density at radius 2 is 2.33 bits per heavy atom. The smallest absolute Gasteiger partial charge is 0.350 e. The van der Waals surface area contributed by atoms with E-state index in [0.29, 0.717) is 12.4 Å². The Hall–Kier alpha value is -0.880. The molecule has 1 aromatic heterocycles. The van der Waals surface area contributed by atoms with E-state index in [1.54, 1.807) is 19.1 Å². The molecule has 0 radical (unpaired) electrons. The topological polar surface area (TPSA) is 69.1 Å². The summed E-state index contributed by atoms with van der Waals surface area (Å²) in [6, 6.07) is 3.13. The summed E-state index contributed by atoms with van der Waals surface area (Å²) in [7, 11) is 0. The molecule has 7 heteroatoms. The van der Waals surface area contributed by atoms with Crippen molar-refractivity contribution < 1.29 is 31.2 Å². The van der Waals surface area contributed by atoms with Gasteiger partial charge in [-0.15, -0.1) is 4.68 Å². The maximum atomic E-state index is 11.1. The normalized spacial score (nSPS) is 9.20. The van der Waals surface area contributed by atoms with Crippen LogP contribution in [0.5, 0.6) is 0 Å². The largest absolute Gasteiger partial charge is 1.00 e. The predicted octanol–water partition coefficient (Wildman–Crippen LogP) is -2.83. The third kappa shape index (κ3) is 4.44. The highest BCUT2D eigenvalue weighted by Crippen LogP contribution is 2.01. The van der Waals surface area contributed by atoms with Crippen LogP contribution in [0.4, 0.5) is 5.82 Å². The van der Waals surface area contributed by atoms with E-state index in [1.165, 1.54) is 4.68 Å². The number of nitrogens with zero attached hydrogens (tertiary/aromatic N) is 2. The first-order valence-corrected chi connectivity index (χ1v) is 4.49. The van der Waals surface area contributed by atoms with Gasteiger partial charge in [0.15, 0.2) is 5.15 Å². The van der Waals surface area contributed by atoms with Crippen molar-refractivity contribution in [2.24, 2.45) is 0 Å². The Labute approximate surface area is 103 Å². The number of aromatic nitrogens is 2. The summed E-state index contributed by atoms with van der Waals surface area (Å²) in [4.78, 5) is 11.1. The molecule has 0 saturated carbocycles. The van der Waals surface area contributed by atoms with Crippen LogP contribution in [0.3, 0.4) is 0 Å². The lowest BCUT2D eigenvalue weighted by Crippen LogP contribution is -3.00. The molecule has 84 valence electrons. The van der Waals surface area contributed by atoms with Gasteiger partial charge in [0.2, 0.25) is 6.54 Å². The minimum atomic E-state index is -0.390. The lowest BCUT2D eigenvalue weighted by Gasteiger charge is -2.01. The van der Waals surface area contributed by atoms with E-state index < -0.39 is 0 Å². The van der Waals surface area contributed by atoms with Gasteiger partial charge in [-0.25, -0.2) is 4.79 Å². The molecule has 1 rings (SSSR count). The molecule has 0 aromatic carbocycles. The molecule has 0 unspecified atom stereocenters. The third-order valence-electron chi connectivity index (χ3n) is 1.49. The number of rotatable bonds is 3. The van der Waals surface area contributed by atoms with Crippen molar-refractivity contribution in [2.75, 3.05) is 12.3 Å². The number of anilines is 1. The van der Waals surface area contributed by atoms with E-state index in [-0.39, 0.29) is 34.6 Å². The van der Waals surface area contributed by atoms with Gasteiger partial charge in [-0.3, -0.25) is 5.73 Å². The van der Waals surface area contributed by atoms with Crippen LogP contribution in [0, 0.1) is 0 Å². The average molecular weight is 297 g/mol. The van der Waals surface area contributed by atoms with Crippen molar-refractivity contribution in [1.82, 2.24) is 5.10 Å². The molecule has 0 bridgehead atoms. The number of hydrogen-bond donors (Lipinski definition) is 1. The molecule has 15 heavy (non-hydrogen) atoms. The maximum Gasteiger partial charge on any atom is 0.350 e. The number of nitrogen functional groups attached to an aromatic ring is 1. The van der Waals surface area contributed by atoms with Gasteiger partial charge < -0.3 is 21.7 Å². The van der Waals surface area contributed by atoms with E-state index in [2.05, 4.69) is 5.10 Å². The fourth-order valence-corrected chi connectivity index (χ4v) is 1.06. The number of carbonyl (C=O) groups excluding carboxylic acids is 1. The van der Waals surface area contributed by atoms with Crippen LogP contribution in [-0.2, 0) is 16.1 Å². The predicted molar refractivity (Wildman–Crippen MR) is 50.5 cm³/mol. The van der Waals surface area contributed by atoms with Crippen LogP contribution in [-0.4, -0.2) is 17.7 Å². The molecule has 1 aromatic rings. The second-order valence-electron chi connectivity index (χ2n) is 2.54. The molecule has 0 fully saturated rings. The molecule has 5 nitrogen and oxygen atoms in total. The zero-order valence-corrected chi connectivity index (χ0v) is 10.5. The molecule has 0 saturated heterocycles. The Morgan fingerprint density at radius 1 is 1.67 bits per heavy atom. The molecule has 2 N–H and O–H groups in total. The van der Waals surface area contributed by atoms with E-state index in [9.17, 15) is 4.79 Å². The highest BCUT2D eigenvalue weighted by atomic mass is 79.9. The molecule has 0 amide bonds. The second-order valence-corrected chi connectivity index (χ2v) is 2.93. The fourth-order valence-electron chi connectivity index (χ4n) is 0.902. The Bertz CT molecular complexity index is 349. The van der Waals surface area contributed by atoms with Crippen molar-refractivity contribution in [1.29, 1.82) is 0 Å². The highest BCUT2D eigenvalue weighted by Gasteiger charge is 2.12. The van der Waals surface area contributed by atoms with E-state index in [1.807, 2.05) is 0 Å². The van der Waals surface area contributed by atoms with Gasteiger partial charge in [-0.05, 0) is 13.0 Å². The van der Waals surface area contributed by atoms with Crippen molar-refractivity contribution in [3.63, 3.8) is 0 Å². The molecule has 0 aliphatic heterocycles. The van der Waals surface area contributed by atoms with Gasteiger partial charge >= 0.3 is 5.97 Å². The molecule has 0 atom stereocenters. The summed E-state index contributed by atoms with van der Waals surface area (Å²) in [6.45, 7) is 2.04. The average Bonchev–Trinajstić information content (AvgIpc) is 2.12. The van der Waals surface area contributed by atoms with Gasteiger partial charge in [0.25, 0.3) is 5.82 Å². The fraction of sp³-hybridized carbons (Fsp3) is 0.375. The number of halogens is 2. The van der Waals surface area contributed by atoms with Crippen LogP contribution >= 0.6 is 11.6 Å². The molecular formula is C8H11BrClN3O2. The molecular weight excluding hydrogens is 285 g/mol. The zero-order valence-electron chi connectivity index (χ0n) is 8.11.